The molecule has 2 fully saturated rings. The van der Waals surface area contributed by atoms with Crippen LogP contribution in [-0.4, -0.2) is 56.6 Å². The maximum Gasteiger partial charge on any atom is 0.414 e. The summed E-state index contributed by atoms with van der Waals surface area (Å²) in [6.45, 7) is 0.592. The van der Waals surface area contributed by atoms with E-state index in [9.17, 15) is 13.2 Å². The number of hydrogen-bond donors (Lipinski definition) is 1. The Morgan fingerprint density at radius 1 is 1.12 bits per heavy atom. The highest BCUT2D eigenvalue weighted by Gasteiger charge is 2.46. The number of nitrogens with one attached hydrogen (secondary N) is 1. The van der Waals surface area contributed by atoms with Crippen LogP contribution in [0.2, 0.25) is 0 Å². The number of piperidine rings is 1. The van der Waals surface area contributed by atoms with Crippen LogP contribution in [0.25, 0.3) is 0 Å². The molecule has 1 saturated carbocycles. The zero-order chi connectivity index (χ0) is 23.8. The average Bonchev–Trinajstić information content (AvgIpc) is 3.52. The van der Waals surface area contributed by atoms with Crippen molar-refractivity contribution >= 4 is 22.0 Å². The van der Waals surface area contributed by atoms with Crippen molar-refractivity contribution in [1.82, 2.24) is 9.62 Å². The lowest BCUT2D eigenvalue weighted by Crippen LogP contribution is -2.46. The predicted molar refractivity (Wildman–Crippen MR) is 124 cm³/mol. The molecule has 1 spiro atoms. The van der Waals surface area contributed by atoms with Crippen LogP contribution >= 0.6 is 0 Å². The highest BCUT2D eigenvalue weighted by molar-refractivity contribution is 7.89. The molecule has 9 nitrogen and oxygen atoms in total. The van der Waals surface area contributed by atoms with Crippen LogP contribution in [0.15, 0.2) is 64.6 Å². The van der Waals surface area contributed by atoms with E-state index in [4.69, 9.17) is 14.3 Å². The Morgan fingerprint density at radius 2 is 1.82 bits per heavy atom. The van der Waals surface area contributed by atoms with Crippen LogP contribution in [0.3, 0.4) is 0 Å². The van der Waals surface area contributed by atoms with Gasteiger partial charge in [-0.2, -0.15) is 4.31 Å². The summed E-state index contributed by atoms with van der Waals surface area (Å²) in [5.74, 6) is 1.13. The molecule has 1 amide bonds. The van der Waals surface area contributed by atoms with Gasteiger partial charge in [0.15, 0.2) is 0 Å². The summed E-state index contributed by atoms with van der Waals surface area (Å²) in [6, 6.07) is 16.4. The molecule has 1 aliphatic carbocycles. The Morgan fingerprint density at radius 3 is 2.50 bits per heavy atom. The summed E-state index contributed by atoms with van der Waals surface area (Å²) >= 11 is 0. The molecule has 2 aromatic carbocycles. The van der Waals surface area contributed by atoms with E-state index >= 15 is 0 Å². The van der Waals surface area contributed by atoms with Crippen LogP contribution in [0.4, 0.5) is 4.79 Å². The second-order valence-corrected chi connectivity index (χ2v) is 10.8. The predicted octanol–water partition coefficient (Wildman–Crippen LogP) is 3.23. The minimum Gasteiger partial charge on any atom is -0.497 e. The number of alkyl carbamates (subject to hydrolysis) is 1. The summed E-state index contributed by atoms with van der Waals surface area (Å²) in [7, 11) is -2.08. The monoisotopic (exact) mass is 485 g/mol. The fourth-order valence-electron chi connectivity index (χ4n) is 4.55. The number of ether oxygens (including phenoxy) is 2. The van der Waals surface area contributed by atoms with Crippen LogP contribution in [0.1, 0.15) is 37.2 Å². The molecule has 1 N–H and O–H groups in total. The fourth-order valence-corrected chi connectivity index (χ4v) is 5.99. The van der Waals surface area contributed by atoms with Gasteiger partial charge in [0.05, 0.1) is 18.4 Å². The normalized spacial score (nSPS) is 23.6. The molecule has 180 valence electrons. The number of amides is 1. The largest absolute Gasteiger partial charge is 0.497 e. The van der Waals surface area contributed by atoms with Gasteiger partial charge in [-0.05, 0) is 36.2 Å². The Labute approximate surface area is 198 Å². The number of oxime groups is 1. The number of nitrogens with zero attached hydrogens (tertiary/aromatic N) is 2. The van der Waals surface area contributed by atoms with Crippen molar-refractivity contribution in [3.05, 3.63) is 60.2 Å². The minimum absolute atomic E-state index is 0.0539. The Balaban J connectivity index is 1.11. The van der Waals surface area contributed by atoms with Crippen molar-refractivity contribution in [2.45, 2.75) is 48.1 Å². The molecule has 2 atom stereocenters. The minimum atomic E-state index is -3.61. The maximum absolute atomic E-state index is 13.0. The van der Waals surface area contributed by atoms with E-state index in [1.54, 1.807) is 24.3 Å². The van der Waals surface area contributed by atoms with Gasteiger partial charge in [-0.15, -0.1) is 0 Å². The first kappa shape index (κ1) is 22.7. The molecule has 0 bridgehead atoms. The molecule has 2 aliphatic heterocycles. The van der Waals surface area contributed by atoms with Gasteiger partial charge in [0, 0.05) is 37.9 Å². The number of rotatable bonds is 5. The number of hydrogen-bond acceptors (Lipinski definition) is 7. The Bertz CT molecular complexity index is 1170. The zero-order valence-electron chi connectivity index (χ0n) is 18.8. The van der Waals surface area contributed by atoms with Gasteiger partial charge in [-0.25, -0.2) is 13.2 Å². The van der Waals surface area contributed by atoms with Crippen LogP contribution in [0.5, 0.6) is 5.75 Å². The van der Waals surface area contributed by atoms with Gasteiger partial charge in [0.1, 0.15) is 11.4 Å². The summed E-state index contributed by atoms with van der Waals surface area (Å²) in [4.78, 5) is 18.2. The van der Waals surface area contributed by atoms with Gasteiger partial charge in [0.2, 0.25) is 15.9 Å². The molecule has 5 rings (SSSR count). The van der Waals surface area contributed by atoms with Gasteiger partial charge < -0.3 is 19.6 Å². The van der Waals surface area contributed by atoms with E-state index in [1.165, 1.54) is 17.0 Å². The van der Waals surface area contributed by atoms with Crippen molar-refractivity contribution in [2.24, 2.45) is 5.16 Å². The third-order valence-corrected chi connectivity index (χ3v) is 8.59. The molecule has 2 heterocycles. The van der Waals surface area contributed by atoms with Crippen molar-refractivity contribution in [3.8, 4) is 5.75 Å². The van der Waals surface area contributed by atoms with Crippen LogP contribution < -0.4 is 10.1 Å². The van der Waals surface area contributed by atoms with Crippen molar-refractivity contribution in [2.75, 3.05) is 20.2 Å². The van der Waals surface area contributed by atoms with Crippen LogP contribution in [-0.2, 0) is 19.6 Å². The number of methoxy groups -OCH3 is 1. The number of sulfonamides is 1. The molecule has 34 heavy (non-hydrogen) atoms. The van der Waals surface area contributed by atoms with E-state index in [0.717, 1.165) is 6.42 Å². The standard InChI is InChI=1S/C24H27N3O6S/c1-31-18-7-9-19(10-8-18)34(29,30)27-13-11-24(12-14-27)16-22(26-33-24)32-23(28)25-21-15-20(21)17-5-3-2-4-6-17/h2-10,20-21H,11-16H2,1H3,(H,25,28). The third-order valence-electron chi connectivity index (χ3n) is 6.68. The maximum atomic E-state index is 13.0. The van der Waals surface area contributed by atoms with E-state index in [1.807, 2.05) is 18.2 Å². The third kappa shape index (κ3) is 4.60. The second kappa shape index (κ2) is 8.92. The lowest BCUT2D eigenvalue weighted by molar-refractivity contribution is -0.0506. The molecule has 0 radical (unpaired) electrons. The summed E-state index contributed by atoms with van der Waals surface area (Å²) in [5, 5.41) is 6.85. The molecule has 10 heteroatoms. The molecular weight excluding hydrogens is 458 g/mol. The lowest BCUT2D eigenvalue weighted by atomic mass is 9.89. The average molecular weight is 486 g/mol. The fraction of sp³-hybridized carbons (Fsp3) is 0.417. The molecule has 3 aliphatic rings. The first-order valence-corrected chi connectivity index (χ1v) is 12.8. The van der Waals surface area contributed by atoms with Gasteiger partial charge in [-0.1, -0.05) is 35.5 Å². The number of carbonyl (C=O) groups excluding carboxylic acids is 1. The van der Waals surface area contributed by atoms with Gasteiger partial charge in [0.25, 0.3) is 0 Å². The van der Waals surface area contributed by atoms with Gasteiger partial charge >= 0.3 is 6.09 Å². The molecular formula is C24H27N3O6S. The number of carbonyl (C=O) groups is 1. The van der Waals surface area contributed by atoms with Crippen LogP contribution in [0, 0.1) is 0 Å². The Kier molecular flexibility index (Phi) is 5.95. The summed E-state index contributed by atoms with van der Waals surface area (Å²) in [5.41, 5.74) is 0.554. The smallest absolute Gasteiger partial charge is 0.414 e. The topological polar surface area (TPSA) is 107 Å². The number of benzene rings is 2. The van der Waals surface area contributed by atoms with Gasteiger partial charge in [-0.3, -0.25) is 0 Å². The van der Waals surface area contributed by atoms with E-state index in [2.05, 4.69) is 22.6 Å². The van der Waals surface area contributed by atoms with E-state index < -0.39 is 21.7 Å². The lowest BCUT2D eigenvalue weighted by Gasteiger charge is -2.36. The second-order valence-electron chi connectivity index (χ2n) is 8.91. The quantitative estimate of drug-likeness (QED) is 0.697. The summed E-state index contributed by atoms with van der Waals surface area (Å²) in [6.07, 6.45) is 1.59. The first-order valence-electron chi connectivity index (χ1n) is 11.3. The summed E-state index contributed by atoms with van der Waals surface area (Å²) < 4.78 is 37.9. The molecule has 0 aromatic heterocycles. The highest BCUT2D eigenvalue weighted by atomic mass is 32.2. The first-order chi connectivity index (χ1) is 16.4. The molecule has 1 saturated heterocycles. The molecule has 2 aromatic rings. The van der Waals surface area contributed by atoms with E-state index in [-0.39, 0.29) is 16.8 Å². The Hall–Kier alpha value is -3.11. The highest BCUT2D eigenvalue weighted by Crippen LogP contribution is 2.41. The van der Waals surface area contributed by atoms with E-state index in [0.29, 0.717) is 44.0 Å². The molecule has 2 unspecified atom stereocenters. The SMILES string of the molecule is COc1ccc(S(=O)(=O)N2CCC3(CC2)CC(OC(=O)NC2CC2c2ccccc2)=NO3)cc1. The zero-order valence-corrected chi connectivity index (χ0v) is 19.7. The van der Waals surface area contributed by atoms with Crippen molar-refractivity contribution in [3.63, 3.8) is 0 Å². The van der Waals surface area contributed by atoms with Crippen molar-refractivity contribution < 1.29 is 27.5 Å². The van der Waals surface area contributed by atoms with Crippen molar-refractivity contribution in [1.29, 1.82) is 0 Å².